The fourth-order valence-corrected chi connectivity index (χ4v) is 7.94. The minimum Gasteiger partial charge on any atom is -0.457 e. The first-order valence-electron chi connectivity index (χ1n) is 14.6. The van der Waals surface area contributed by atoms with Crippen molar-refractivity contribution in [1.29, 1.82) is 0 Å². The standard InChI is InChI=1S/C31H38N6O4S/c1-18-15-22(41-21-7-5-4-6-8-21)11-12-23(18)37-24-13-14-32-30-26(24)27(35-31(37)40)28(42-30)29(39)34-20-10-9-19(16-20)33-25(38)17-36(2)3/h4-8,11-12,15,19-20,24,26,30,32H,9-10,13-14,16-17H2,1-3H3,(H,33,38)(H,34,39)(H,35,40)/t19-,20-,24?,26?,30?/m0/s1. The van der Waals surface area contributed by atoms with Crippen molar-refractivity contribution in [3.05, 3.63) is 64.7 Å². The predicted molar refractivity (Wildman–Crippen MR) is 163 cm³/mol. The van der Waals surface area contributed by atoms with Gasteiger partial charge < -0.3 is 30.9 Å². The quantitative estimate of drug-likeness (QED) is 0.373. The van der Waals surface area contributed by atoms with Gasteiger partial charge in [0.05, 0.1) is 22.9 Å². The number of nitrogens with one attached hydrogen (secondary N) is 4. The van der Waals surface area contributed by atoms with Crippen molar-refractivity contribution in [2.75, 3.05) is 32.1 Å². The lowest BCUT2D eigenvalue weighted by molar-refractivity contribution is -0.122. The van der Waals surface area contributed by atoms with Gasteiger partial charge in [0.15, 0.2) is 0 Å². The summed E-state index contributed by atoms with van der Waals surface area (Å²) in [4.78, 5) is 43.6. The molecule has 42 heavy (non-hydrogen) atoms. The topological polar surface area (TPSA) is 115 Å². The van der Waals surface area contributed by atoms with E-state index in [0.717, 1.165) is 48.5 Å². The number of amides is 4. The Kier molecular flexibility index (Phi) is 8.15. The van der Waals surface area contributed by atoms with Gasteiger partial charge in [0.25, 0.3) is 5.91 Å². The summed E-state index contributed by atoms with van der Waals surface area (Å²) in [5, 5.41) is 12.9. The van der Waals surface area contributed by atoms with Crippen LogP contribution in [0.4, 0.5) is 10.5 Å². The van der Waals surface area contributed by atoms with Crippen LogP contribution in [0.2, 0.25) is 0 Å². The van der Waals surface area contributed by atoms with Crippen LogP contribution in [-0.2, 0) is 9.59 Å². The van der Waals surface area contributed by atoms with Crippen LogP contribution >= 0.6 is 11.8 Å². The fraction of sp³-hybridized carbons (Fsp3) is 0.452. The van der Waals surface area contributed by atoms with Crippen LogP contribution in [-0.4, -0.2) is 73.4 Å². The van der Waals surface area contributed by atoms with Crippen molar-refractivity contribution in [1.82, 2.24) is 26.2 Å². The molecule has 4 N–H and O–H groups in total. The second-order valence-corrected chi connectivity index (χ2v) is 12.9. The Morgan fingerprint density at radius 3 is 2.55 bits per heavy atom. The van der Waals surface area contributed by atoms with Crippen molar-refractivity contribution >= 4 is 35.3 Å². The summed E-state index contributed by atoms with van der Waals surface area (Å²) >= 11 is 1.51. The van der Waals surface area contributed by atoms with E-state index in [-0.39, 0.29) is 47.3 Å². The van der Waals surface area contributed by atoms with Crippen LogP contribution < -0.4 is 30.9 Å². The highest BCUT2D eigenvalue weighted by Gasteiger charge is 2.52. The lowest BCUT2D eigenvalue weighted by Gasteiger charge is -2.46. The monoisotopic (exact) mass is 590 g/mol. The van der Waals surface area contributed by atoms with Crippen LogP contribution in [0.3, 0.4) is 0 Å². The number of hydrogen-bond donors (Lipinski definition) is 4. The summed E-state index contributed by atoms with van der Waals surface area (Å²) < 4.78 is 6.01. The number of thioether (sulfide) groups is 1. The number of para-hydroxylation sites is 1. The predicted octanol–water partition coefficient (Wildman–Crippen LogP) is 3.29. The number of ether oxygens (including phenoxy) is 1. The molecule has 4 aliphatic rings. The van der Waals surface area contributed by atoms with Crippen molar-refractivity contribution in [2.45, 2.75) is 56.1 Å². The fourth-order valence-electron chi connectivity index (χ4n) is 6.54. The van der Waals surface area contributed by atoms with Crippen LogP contribution in [0.15, 0.2) is 59.1 Å². The van der Waals surface area contributed by atoms with Gasteiger partial charge in [-0.05, 0) is 89.1 Å². The maximum absolute atomic E-state index is 13.6. The third-order valence-corrected chi connectivity index (χ3v) is 9.70. The molecule has 2 aromatic rings. The Morgan fingerprint density at radius 1 is 1.05 bits per heavy atom. The van der Waals surface area contributed by atoms with Crippen molar-refractivity contribution < 1.29 is 19.1 Å². The van der Waals surface area contributed by atoms with Gasteiger partial charge in [0.1, 0.15) is 11.5 Å². The number of urea groups is 1. The number of rotatable bonds is 8. The smallest absolute Gasteiger partial charge is 0.326 e. The van der Waals surface area contributed by atoms with Gasteiger partial charge in [-0.15, -0.1) is 0 Å². The number of carbonyl (C=O) groups excluding carboxylic acids is 3. The van der Waals surface area contributed by atoms with E-state index in [4.69, 9.17) is 4.74 Å². The van der Waals surface area contributed by atoms with Gasteiger partial charge in [-0.1, -0.05) is 30.0 Å². The zero-order valence-corrected chi connectivity index (χ0v) is 25.0. The minimum atomic E-state index is -0.218. The lowest BCUT2D eigenvalue weighted by Crippen LogP contribution is -2.62. The van der Waals surface area contributed by atoms with Gasteiger partial charge in [-0.2, -0.15) is 0 Å². The van der Waals surface area contributed by atoms with E-state index < -0.39 is 0 Å². The Bertz CT molecular complexity index is 1400. The molecule has 2 saturated heterocycles. The summed E-state index contributed by atoms with van der Waals surface area (Å²) in [6.45, 7) is 3.10. The van der Waals surface area contributed by atoms with Crippen LogP contribution in [0.5, 0.6) is 11.5 Å². The van der Waals surface area contributed by atoms with E-state index >= 15 is 0 Å². The number of piperidine rings is 1. The molecular formula is C31H38N6O4S. The molecule has 0 aromatic heterocycles. The maximum Gasteiger partial charge on any atom is 0.326 e. The second-order valence-electron chi connectivity index (χ2n) is 11.8. The molecular weight excluding hydrogens is 552 g/mol. The molecule has 3 fully saturated rings. The van der Waals surface area contributed by atoms with Gasteiger partial charge in [-0.25, -0.2) is 4.79 Å². The molecule has 3 aliphatic heterocycles. The highest BCUT2D eigenvalue weighted by atomic mass is 32.2. The van der Waals surface area contributed by atoms with E-state index in [2.05, 4.69) is 21.3 Å². The Morgan fingerprint density at radius 2 is 1.81 bits per heavy atom. The van der Waals surface area contributed by atoms with Crippen molar-refractivity contribution in [3.8, 4) is 11.5 Å². The number of carbonyl (C=O) groups is 3. The molecule has 11 heteroatoms. The van der Waals surface area contributed by atoms with E-state index in [1.54, 1.807) is 0 Å². The average Bonchev–Trinajstić information content (AvgIpc) is 3.54. The normalized spacial score (nSPS) is 26.6. The van der Waals surface area contributed by atoms with Crippen molar-refractivity contribution in [3.63, 3.8) is 0 Å². The molecule has 3 heterocycles. The first-order chi connectivity index (χ1) is 20.3. The Balaban J connectivity index is 1.16. The van der Waals surface area contributed by atoms with Gasteiger partial charge in [0.2, 0.25) is 5.91 Å². The number of likely N-dealkylation sites (N-methyl/N-ethyl adjacent to an activating group) is 1. The number of benzene rings is 2. The molecule has 10 nitrogen and oxygen atoms in total. The van der Waals surface area contributed by atoms with E-state index in [9.17, 15) is 14.4 Å². The third kappa shape index (κ3) is 5.86. The first kappa shape index (κ1) is 28.6. The highest BCUT2D eigenvalue weighted by molar-refractivity contribution is 8.04. The molecule has 4 amide bonds. The molecule has 6 rings (SSSR count). The number of aryl methyl sites for hydroxylation is 1. The molecule has 0 bridgehead atoms. The molecule has 0 spiro atoms. The van der Waals surface area contributed by atoms with Crippen molar-refractivity contribution in [2.24, 2.45) is 5.92 Å². The summed E-state index contributed by atoms with van der Waals surface area (Å²) in [5.74, 6) is 1.29. The molecule has 5 atom stereocenters. The van der Waals surface area contributed by atoms with Gasteiger partial charge in [-0.3, -0.25) is 14.5 Å². The molecule has 0 radical (unpaired) electrons. The lowest BCUT2D eigenvalue weighted by atomic mass is 9.86. The third-order valence-electron chi connectivity index (χ3n) is 8.35. The zero-order valence-electron chi connectivity index (χ0n) is 24.2. The summed E-state index contributed by atoms with van der Waals surface area (Å²) in [6.07, 6.45) is 3.13. The largest absolute Gasteiger partial charge is 0.457 e. The van der Waals surface area contributed by atoms with Gasteiger partial charge in [0, 0.05) is 29.4 Å². The SMILES string of the molecule is Cc1cc(Oc2ccccc2)ccc1N1C(=O)NC2=C(C(=O)N[C@H]3CC[C@H](NC(=O)CN(C)C)C3)SC3NCCC1C23. The molecule has 2 aromatic carbocycles. The Hall–Kier alpha value is -3.54. The van der Waals surface area contributed by atoms with E-state index in [1.165, 1.54) is 11.8 Å². The first-order valence-corrected chi connectivity index (χ1v) is 15.5. The van der Waals surface area contributed by atoms with Crippen LogP contribution in [0, 0.1) is 12.8 Å². The number of anilines is 1. The maximum atomic E-state index is 13.6. The van der Waals surface area contributed by atoms with E-state index in [0.29, 0.717) is 23.6 Å². The van der Waals surface area contributed by atoms with Crippen LogP contribution in [0.1, 0.15) is 31.2 Å². The highest BCUT2D eigenvalue weighted by Crippen LogP contribution is 2.48. The summed E-state index contributed by atoms with van der Waals surface area (Å²) in [5.41, 5.74) is 2.50. The Labute approximate surface area is 250 Å². The molecule has 1 saturated carbocycles. The number of nitrogens with zero attached hydrogens (tertiary/aromatic N) is 2. The number of hydrogen-bond acceptors (Lipinski definition) is 7. The van der Waals surface area contributed by atoms with E-state index in [1.807, 2.05) is 79.3 Å². The zero-order chi connectivity index (χ0) is 29.4. The summed E-state index contributed by atoms with van der Waals surface area (Å²) in [6, 6.07) is 15.2. The molecule has 3 unspecified atom stereocenters. The second kappa shape index (κ2) is 12.0. The minimum absolute atomic E-state index is 0.00230. The average molecular weight is 591 g/mol. The summed E-state index contributed by atoms with van der Waals surface area (Å²) in [7, 11) is 3.73. The molecule has 1 aliphatic carbocycles. The van der Waals surface area contributed by atoms with Crippen LogP contribution in [0.25, 0.3) is 0 Å². The van der Waals surface area contributed by atoms with Gasteiger partial charge >= 0.3 is 6.03 Å². The molecule has 222 valence electrons.